The minimum absolute atomic E-state index is 0.00213. The monoisotopic (exact) mass is 269 g/mol. The van der Waals surface area contributed by atoms with Gasteiger partial charge in [-0.2, -0.15) is 0 Å². The van der Waals surface area contributed by atoms with Crippen molar-refractivity contribution in [3.63, 3.8) is 0 Å². The number of rotatable bonds is 5. The highest BCUT2D eigenvalue weighted by Crippen LogP contribution is 2.26. The number of halogens is 1. The number of carbonyl (C=O) groups is 1. The largest absolute Gasteiger partial charge is 0.480 e. The Bertz CT molecular complexity index is 446. The number of amides is 1. The summed E-state index contributed by atoms with van der Waals surface area (Å²) in [5.74, 6) is -0.576. The average molecular weight is 269 g/mol. The summed E-state index contributed by atoms with van der Waals surface area (Å²) in [6.45, 7) is 6.81. The lowest BCUT2D eigenvalue weighted by atomic mass is 10.1. The summed E-state index contributed by atoms with van der Waals surface area (Å²) in [7, 11) is 0. The highest BCUT2D eigenvalue weighted by molar-refractivity contribution is 5.80. The molecule has 19 heavy (non-hydrogen) atoms. The Morgan fingerprint density at radius 2 is 1.95 bits per heavy atom. The molecular formula is C14H20FNO3. The molecule has 0 radical (unpaired) electrons. The minimum Gasteiger partial charge on any atom is -0.480 e. The molecule has 0 aliphatic rings. The van der Waals surface area contributed by atoms with Crippen LogP contribution in [-0.4, -0.2) is 23.2 Å². The molecule has 1 unspecified atom stereocenters. The van der Waals surface area contributed by atoms with Gasteiger partial charge in [-0.25, -0.2) is 4.39 Å². The molecule has 5 heteroatoms. The molecule has 1 aromatic carbocycles. The minimum atomic E-state index is -0.795. The molecule has 1 amide bonds. The summed E-state index contributed by atoms with van der Waals surface area (Å²) in [5.41, 5.74) is 0.450. The Kier molecular flexibility index (Phi) is 5.30. The molecule has 0 aliphatic carbocycles. The van der Waals surface area contributed by atoms with E-state index in [4.69, 9.17) is 4.74 Å². The van der Waals surface area contributed by atoms with Crippen molar-refractivity contribution < 1.29 is 19.0 Å². The lowest BCUT2D eigenvalue weighted by Gasteiger charge is -2.19. The first kappa shape index (κ1) is 15.4. The van der Waals surface area contributed by atoms with Crippen molar-refractivity contribution in [2.24, 2.45) is 0 Å². The molecular weight excluding hydrogens is 249 g/mol. The second kappa shape index (κ2) is 6.52. The van der Waals surface area contributed by atoms with Gasteiger partial charge in [0.2, 0.25) is 0 Å². The summed E-state index contributed by atoms with van der Waals surface area (Å²) >= 11 is 0. The van der Waals surface area contributed by atoms with Gasteiger partial charge in [0, 0.05) is 17.7 Å². The number of aliphatic hydroxyl groups is 1. The molecule has 0 bridgehead atoms. The average Bonchev–Trinajstić information content (AvgIpc) is 2.27. The Morgan fingerprint density at radius 1 is 1.32 bits per heavy atom. The smallest absolute Gasteiger partial charge is 0.260 e. The molecule has 0 saturated carbocycles. The van der Waals surface area contributed by atoms with Crippen molar-refractivity contribution in [2.75, 3.05) is 0 Å². The van der Waals surface area contributed by atoms with E-state index in [0.717, 1.165) is 0 Å². The van der Waals surface area contributed by atoms with Crippen LogP contribution in [0.5, 0.6) is 5.75 Å². The Hall–Kier alpha value is -1.62. The Morgan fingerprint density at radius 3 is 2.47 bits per heavy atom. The second-order valence-electron chi connectivity index (χ2n) is 4.78. The van der Waals surface area contributed by atoms with E-state index < -0.39 is 18.0 Å². The normalized spacial score (nSPS) is 14.1. The van der Waals surface area contributed by atoms with E-state index in [1.54, 1.807) is 13.8 Å². The predicted octanol–water partition coefficient (Wildman–Crippen LogP) is 2.17. The molecule has 0 spiro atoms. The molecule has 0 saturated heterocycles. The first-order valence-corrected chi connectivity index (χ1v) is 6.25. The maximum Gasteiger partial charge on any atom is 0.260 e. The molecule has 0 fully saturated rings. The third-order valence-corrected chi connectivity index (χ3v) is 2.53. The molecule has 0 aromatic heterocycles. The zero-order valence-electron chi connectivity index (χ0n) is 11.6. The van der Waals surface area contributed by atoms with Gasteiger partial charge in [0.15, 0.2) is 6.10 Å². The SMILES string of the molecule is CC(C)NC(=O)C(C)Oc1cc(F)ccc1[C@@H](C)O. The van der Waals surface area contributed by atoms with Gasteiger partial charge in [-0.1, -0.05) is 0 Å². The van der Waals surface area contributed by atoms with Crippen LogP contribution in [0.25, 0.3) is 0 Å². The van der Waals surface area contributed by atoms with Crippen molar-refractivity contribution in [3.05, 3.63) is 29.6 Å². The van der Waals surface area contributed by atoms with Gasteiger partial charge in [0.05, 0.1) is 6.10 Å². The van der Waals surface area contributed by atoms with E-state index in [-0.39, 0.29) is 17.7 Å². The van der Waals surface area contributed by atoms with Crippen LogP contribution < -0.4 is 10.1 Å². The number of hydrogen-bond donors (Lipinski definition) is 2. The number of nitrogens with one attached hydrogen (secondary N) is 1. The van der Waals surface area contributed by atoms with Crippen LogP contribution in [0.4, 0.5) is 4.39 Å². The van der Waals surface area contributed by atoms with Gasteiger partial charge < -0.3 is 15.2 Å². The number of ether oxygens (including phenoxy) is 1. The van der Waals surface area contributed by atoms with Gasteiger partial charge in [-0.05, 0) is 39.8 Å². The van der Waals surface area contributed by atoms with Gasteiger partial charge in [-0.15, -0.1) is 0 Å². The summed E-state index contributed by atoms with van der Waals surface area (Å²) in [4.78, 5) is 11.7. The number of benzene rings is 1. The van der Waals surface area contributed by atoms with E-state index in [2.05, 4.69) is 5.32 Å². The summed E-state index contributed by atoms with van der Waals surface area (Å²) < 4.78 is 18.6. The molecule has 0 aliphatic heterocycles. The molecule has 2 N–H and O–H groups in total. The van der Waals surface area contributed by atoms with E-state index in [9.17, 15) is 14.3 Å². The maximum absolute atomic E-state index is 13.2. The number of hydrogen-bond acceptors (Lipinski definition) is 3. The van der Waals surface area contributed by atoms with Crippen molar-refractivity contribution >= 4 is 5.91 Å². The first-order valence-electron chi connectivity index (χ1n) is 6.25. The molecule has 1 aromatic rings. The van der Waals surface area contributed by atoms with Gasteiger partial charge in [-0.3, -0.25) is 4.79 Å². The Balaban J connectivity index is 2.86. The van der Waals surface area contributed by atoms with Crippen LogP contribution in [0, 0.1) is 5.82 Å². The van der Waals surface area contributed by atoms with Crippen molar-refractivity contribution in [3.8, 4) is 5.75 Å². The number of carbonyl (C=O) groups excluding carboxylic acids is 1. The van der Waals surface area contributed by atoms with Crippen LogP contribution in [-0.2, 0) is 4.79 Å². The first-order chi connectivity index (χ1) is 8.81. The van der Waals surface area contributed by atoms with Crippen LogP contribution in [0.1, 0.15) is 39.4 Å². The standard InChI is InChI=1S/C14H20FNO3/c1-8(2)16-14(18)10(4)19-13-7-11(15)5-6-12(13)9(3)17/h5-10,17H,1-4H3,(H,16,18)/t9-,10?/m1/s1. The summed E-state index contributed by atoms with van der Waals surface area (Å²) in [5, 5.41) is 12.3. The van der Waals surface area contributed by atoms with E-state index >= 15 is 0 Å². The summed E-state index contributed by atoms with van der Waals surface area (Å²) in [6, 6.07) is 3.86. The quantitative estimate of drug-likeness (QED) is 0.861. The molecule has 4 nitrogen and oxygen atoms in total. The lowest BCUT2D eigenvalue weighted by Crippen LogP contribution is -2.40. The maximum atomic E-state index is 13.2. The van der Waals surface area contributed by atoms with Crippen molar-refractivity contribution in [2.45, 2.75) is 45.9 Å². The fourth-order valence-corrected chi connectivity index (χ4v) is 1.60. The van der Waals surface area contributed by atoms with Crippen LogP contribution >= 0.6 is 0 Å². The fourth-order valence-electron chi connectivity index (χ4n) is 1.60. The van der Waals surface area contributed by atoms with E-state index in [1.165, 1.54) is 18.2 Å². The third kappa shape index (κ3) is 4.52. The van der Waals surface area contributed by atoms with Crippen LogP contribution in [0.3, 0.4) is 0 Å². The van der Waals surface area contributed by atoms with Gasteiger partial charge in [0.1, 0.15) is 11.6 Å². The molecule has 106 valence electrons. The zero-order valence-corrected chi connectivity index (χ0v) is 11.6. The van der Waals surface area contributed by atoms with Crippen LogP contribution in [0.2, 0.25) is 0 Å². The highest BCUT2D eigenvalue weighted by atomic mass is 19.1. The zero-order chi connectivity index (χ0) is 14.6. The third-order valence-electron chi connectivity index (χ3n) is 2.53. The molecule has 1 rings (SSSR count). The summed E-state index contributed by atoms with van der Waals surface area (Å²) in [6.07, 6.45) is -1.56. The van der Waals surface area contributed by atoms with Gasteiger partial charge >= 0.3 is 0 Å². The van der Waals surface area contributed by atoms with Crippen molar-refractivity contribution in [1.29, 1.82) is 0 Å². The van der Waals surface area contributed by atoms with Crippen LogP contribution in [0.15, 0.2) is 18.2 Å². The molecule has 2 atom stereocenters. The highest BCUT2D eigenvalue weighted by Gasteiger charge is 2.18. The van der Waals surface area contributed by atoms with E-state index in [0.29, 0.717) is 5.56 Å². The predicted molar refractivity (Wildman–Crippen MR) is 70.4 cm³/mol. The molecule has 0 heterocycles. The van der Waals surface area contributed by atoms with Crippen molar-refractivity contribution in [1.82, 2.24) is 5.32 Å². The number of aliphatic hydroxyl groups excluding tert-OH is 1. The van der Waals surface area contributed by atoms with Gasteiger partial charge in [0.25, 0.3) is 5.91 Å². The Labute approximate surface area is 112 Å². The fraction of sp³-hybridized carbons (Fsp3) is 0.500. The lowest BCUT2D eigenvalue weighted by molar-refractivity contribution is -0.127. The van der Waals surface area contributed by atoms with E-state index in [1.807, 2.05) is 13.8 Å². The second-order valence-corrected chi connectivity index (χ2v) is 4.78. The topological polar surface area (TPSA) is 58.6 Å².